The minimum atomic E-state index is -3.31. The van der Waals surface area contributed by atoms with Gasteiger partial charge in [0, 0.05) is 0 Å². The molecule has 1 rings (SSSR count). The number of carbonyl (C=O) groups is 1. The second kappa shape index (κ2) is 4.76. The molecule has 1 aromatic heterocycles. The molecule has 0 bridgehead atoms. The molecule has 9 heteroatoms. The highest BCUT2D eigenvalue weighted by Gasteiger charge is 2.34. The largest absolute Gasteiger partial charge is 0.465 e. The first-order valence-electron chi connectivity index (χ1n) is 4.09. The standard InChI is InChI=1S/C8H5F3N2O4/c1-17-8(14)4-3(9)2-12-5(7(10)11)6(4)13(15)16/h2,7H,1H3. The molecule has 0 unspecified atom stereocenters. The van der Waals surface area contributed by atoms with Crippen LogP contribution in [0.25, 0.3) is 0 Å². The summed E-state index contributed by atoms with van der Waals surface area (Å²) in [4.78, 5) is 23.3. The molecule has 0 radical (unpaired) electrons. The summed E-state index contributed by atoms with van der Waals surface area (Å²) in [5, 5.41) is 10.6. The number of rotatable bonds is 3. The number of hydrogen-bond acceptors (Lipinski definition) is 5. The van der Waals surface area contributed by atoms with Crippen LogP contribution in [0.3, 0.4) is 0 Å². The maximum absolute atomic E-state index is 13.2. The highest BCUT2D eigenvalue weighted by atomic mass is 19.3. The smallest absolute Gasteiger partial charge is 0.348 e. The molecule has 92 valence electrons. The third-order valence-corrected chi connectivity index (χ3v) is 1.81. The lowest BCUT2D eigenvalue weighted by Crippen LogP contribution is -2.12. The van der Waals surface area contributed by atoms with Gasteiger partial charge in [-0.2, -0.15) is 0 Å². The van der Waals surface area contributed by atoms with E-state index in [0.717, 1.165) is 7.11 Å². The quantitative estimate of drug-likeness (QED) is 0.464. The number of ether oxygens (including phenoxy) is 1. The Kier molecular flexibility index (Phi) is 3.61. The Morgan fingerprint density at radius 3 is 2.59 bits per heavy atom. The Hall–Kier alpha value is -2.19. The van der Waals surface area contributed by atoms with Gasteiger partial charge in [0.2, 0.25) is 0 Å². The zero-order valence-corrected chi connectivity index (χ0v) is 8.32. The van der Waals surface area contributed by atoms with Crippen molar-refractivity contribution in [2.45, 2.75) is 6.43 Å². The van der Waals surface area contributed by atoms with Gasteiger partial charge in [-0.25, -0.2) is 22.9 Å². The van der Waals surface area contributed by atoms with Crippen molar-refractivity contribution in [1.82, 2.24) is 4.98 Å². The van der Waals surface area contributed by atoms with E-state index in [1.165, 1.54) is 0 Å². The number of esters is 1. The molecule has 1 aromatic rings. The zero-order valence-electron chi connectivity index (χ0n) is 8.32. The highest BCUT2D eigenvalue weighted by Crippen LogP contribution is 2.31. The SMILES string of the molecule is COC(=O)c1c(F)cnc(C(F)F)c1[N+](=O)[O-]. The molecule has 0 saturated heterocycles. The number of alkyl halides is 2. The molecule has 0 aromatic carbocycles. The second-order valence-corrected chi connectivity index (χ2v) is 2.76. The van der Waals surface area contributed by atoms with Crippen LogP contribution >= 0.6 is 0 Å². The Morgan fingerprint density at radius 2 is 2.18 bits per heavy atom. The number of carbonyl (C=O) groups excluding carboxylic acids is 1. The third kappa shape index (κ3) is 2.32. The van der Waals surface area contributed by atoms with Crippen LogP contribution < -0.4 is 0 Å². The maximum atomic E-state index is 13.2. The molecular formula is C8H5F3N2O4. The van der Waals surface area contributed by atoms with Crippen LogP contribution in [0.4, 0.5) is 18.9 Å². The van der Waals surface area contributed by atoms with Gasteiger partial charge < -0.3 is 4.74 Å². The molecule has 0 fully saturated rings. The Morgan fingerprint density at radius 1 is 1.59 bits per heavy atom. The van der Waals surface area contributed by atoms with Crippen LogP contribution in [0.2, 0.25) is 0 Å². The van der Waals surface area contributed by atoms with Crippen molar-refractivity contribution in [3.63, 3.8) is 0 Å². The average Bonchev–Trinajstić information content (AvgIpc) is 2.26. The van der Waals surface area contributed by atoms with Gasteiger partial charge in [0.25, 0.3) is 6.43 Å². The summed E-state index contributed by atoms with van der Waals surface area (Å²) in [6.45, 7) is 0. The fourth-order valence-electron chi connectivity index (χ4n) is 1.13. The summed E-state index contributed by atoms with van der Waals surface area (Å²) in [6.07, 6.45) is -3.00. The van der Waals surface area contributed by atoms with E-state index in [0.29, 0.717) is 6.20 Å². The van der Waals surface area contributed by atoms with Gasteiger partial charge in [-0.1, -0.05) is 0 Å². The van der Waals surface area contributed by atoms with Gasteiger partial charge in [0.1, 0.15) is 0 Å². The number of halogens is 3. The number of hydrogen-bond donors (Lipinski definition) is 0. The number of nitro groups is 1. The van der Waals surface area contributed by atoms with Crippen molar-refractivity contribution in [2.24, 2.45) is 0 Å². The van der Waals surface area contributed by atoms with E-state index in [2.05, 4.69) is 9.72 Å². The molecule has 0 spiro atoms. The summed E-state index contributed by atoms with van der Waals surface area (Å²) in [7, 11) is 0.841. The zero-order chi connectivity index (χ0) is 13.2. The molecular weight excluding hydrogens is 245 g/mol. The molecule has 0 amide bonds. The molecule has 0 aliphatic heterocycles. The van der Waals surface area contributed by atoms with Crippen molar-refractivity contribution < 1.29 is 27.6 Å². The van der Waals surface area contributed by atoms with E-state index in [1.54, 1.807) is 0 Å². The van der Waals surface area contributed by atoms with E-state index in [1.807, 2.05) is 0 Å². The molecule has 0 atom stereocenters. The van der Waals surface area contributed by atoms with E-state index in [4.69, 9.17) is 0 Å². The van der Waals surface area contributed by atoms with Crippen molar-refractivity contribution in [3.8, 4) is 0 Å². The minimum Gasteiger partial charge on any atom is -0.465 e. The van der Waals surface area contributed by atoms with Crippen LogP contribution in [0, 0.1) is 15.9 Å². The fraction of sp³-hybridized carbons (Fsp3) is 0.250. The third-order valence-electron chi connectivity index (χ3n) is 1.81. The molecule has 0 aliphatic rings. The normalized spacial score (nSPS) is 10.4. The van der Waals surface area contributed by atoms with Gasteiger partial charge >= 0.3 is 11.7 Å². The maximum Gasteiger partial charge on any atom is 0.348 e. The van der Waals surface area contributed by atoms with Gasteiger partial charge in [0.15, 0.2) is 17.1 Å². The van der Waals surface area contributed by atoms with Gasteiger partial charge in [-0.3, -0.25) is 10.1 Å². The molecule has 0 aliphatic carbocycles. The topological polar surface area (TPSA) is 82.3 Å². The summed E-state index contributed by atoms with van der Waals surface area (Å²) in [5.74, 6) is -2.81. The highest BCUT2D eigenvalue weighted by molar-refractivity contribution is 5.94. The molecule has 6 nitrogen and oxygen atoms in total. The van der Waals surface area contributed by atoms with Crippen LogP contribution in [-0.2, 0) is 4.74 Å². The monoisotopic (exact) mass is 250 g/mol. The fourth-order valence-corrected chi connectivity index (χ4v) is 1.13. The Bertz CT molecular complexity index is 478. The van der Waals surface area contributed by atoms with Crippen molar-refractivity contribution in [1.29, 1.82) is 0 Å². The first kappa shape index (κ1) is 12.9. The molecule has 17 heavy (non-hydrogen) atoms. The van der Waals surface area contributed by atoms with Crippen LogP contribution in [0.15, 0.2) is 6.20 Å². The number of pyridine rings is 1. The van der Waals surface area contributed by atoms with E-state index in [-0.39, 0.29) is 0 Å². The minimum absolute atomic E-state index is 0.306. The lowest BCUT2D eigenvalue weighted by molar-refractivity contribution is -0.387. The van der Waals surface area contributed by atoms with Gasteiger partial charge in [0.05, 0.1) is 18.2 Å². The lowest BCUT2D eigenvalue weighted by Gasteiger charge is -2.05. The first-order valence-corrected chi connectivity index (χ1v) is 4.09. The second-order valence-electron chi connectivity index (χ2n) is 2.76. The predicted octanol–water partition coefficient (Wildman–Crippen LogP) is 1.85. The molecule has 0 saturated carbocycles. The van der Waals surface area contributed by atoms with Crippen molar-refractivity contribution in [3.05, 3.63) is 33.4 Å². The molecule has 0 N–H and O–H groups in total. The Balaban J connectivity index is 3.60. The van der Waals surface area contributed by atoms with Crippen molar-refractivity contribution in [2.75, 3.05) is 7.11 Å². The summed E-state index contributed by atoms with van der Waals surface area (Å²) in [5.41, 5.74) is -3.83. The van der Waals surface area contributed by atoms with Gasteiger partial charge in [-0.05, 0) is 0 Å². The summed E-state index contributed by atoms with van der Waals surface area (Å²) < 4.78 is 42.1. The molecule has 1 heterocycles. The average molecular weight is 250 g/mol. The predicted molar refractivity (Wildman–Crippen MR) is 47.1 cm³/mol. The van der Waals surface area contributed by atoms with E-state index < -0.39 is 40.1 Å². The first-order chi connectivity index (χ1) is 7.90. The summed E-state index contributed by atoms with van der Waals surface area (Å²) >= 11 is 0. The van der Waals surface area contributed by atoms with E-state index >= 15 is 0 Å². The summed E-state index contributed by atoms with van der Waals surface area (Å²) in [6, 6.07) is 0. The van der Waals surface area contributed by atoms with Crippen LogP contribution in [0.1, 0.15) is 22.5 Å². The van der Waals surface area contributed by atoms with Crippen LogP contribution in [-0.4, -0.2) is 23.0 Å². The van der Waals surface area contributed by atoms with Gasteiger partial charge in [-0.15, -0.1) is 0 Å². The number of aromatic nitrogens is 1. The van der Waals surface area contributed by atoms with Crippen LogP contribution in [0.5, 0.6) is 0 Å². The number of methoxy groups -OCH3 is 1. The van der Waals surface area contributed by atoms with E-state index in [9.17, 15) is 28.1 Å². The lowest BCUT2D eigenvalue weighted by atomic mass is 10.1. The number of nitrogens with zero attached hydrogens (tertiary/aromatic N) is 2. The Labute approximate surface area is 92.2 Å². The van der Waals surface area contributed by atoms with Crippen molar-refractivity contribution >= 4 is 11.7 Å².